The van der Waals surface area contributed by atoms with Crippen molar-refractivity contribution in [2.75, 3.05) is 11.9 Å². The van der Waals surface area contributed by atoms with Crippen LogP contribution in [-0.4, -0.2) is 33.0 Å². The van der Waals surface area contributed by atoms with Gasteiger partial charge < -0.3 is 15.8 Å². The lowest BCUT2D eigenvalue weighted by Gasteiger charge is -2.11. The third-order valence-corrected chi connectivity index (χ3v) is 5.36. The van der Waals surface area contributed by atoms with Crippen molar-refractivity contribution in [3.8, 4) is 11.4 Å². The van der Waals surface area contributed by atoms with Crippen LogP contribution in [0.5, 0.6) is 5.75 Å². The Morgan fingerprint density at radius 2 is 1.81 bits per heavy atom. The SMILES string of the molecule is Cc1c(C)n(-c2ccc(Cl)cc2)c2ncnc(NC(=O)c3ccccc3OCC(N)=O)c12. The van der Waals surface area contributed by atoms with E-state index in [4.69, 9.17) is 22.1 Å². The van der Waals surface area contributed by atoms with Crippen LogP contribution in [0.1, 0.15) is 21.6 Å². The maximum absolute atomic E-state index is 13.0. The summed E-state index contributed by atoms with van der Waals surface area (Å²) < 4.78 is 7.36. The van der Waals surface area contributed by atoms with Gasteiger partial charge in [0.05, 0.1) is 10.9 Å². The molecule has 0 unspecified atom stereocenters. The molecule has 9 heteroatoms. The molecule has 162 valence electrons. The normalized spacial score (nSPS) is 10.8. The minimum atomic E-state index is -0.632. The number of para-hydroxylation sites is 1. The number of hydrogen-bond acceptors (Lipinski definition) is 5. The number of carbonyl (C=O) groups is 2. The fourth-order valence-electron chi connectivity index (χ4n) is 3.50. The highest BCUT2D eigenvalue weighted by Gasteiger charge is 2.20. The van der Waals surface area contributed by atoms with Crippen LogP contribution in [0.25, 0.3) is 16.7 Å². The van der Waals surface area contributed by atoms with Gasteiger partial charge in [0, 0.05) is 16.4 Å². The Hall–Kier alpha value is -3.91. The molecule has 0 bridgehead atoms. The van der Waals surface area contributed by atoms with Crippen LogP contribution >= 0.6 is 11.6 Å². The Morgan fingerprint density at radius 3 is 2.53 bits per heavy atom. The van der Waals surface area contributed by atoms with Gasteiger partial charge in [-0.25, -0.2) is 9.97 Å². The maximum atomic E-state index is 13.0. The first-order valence-electron chi connectivity index (χ1n) is 9.77. The molecule has 4 aromatic rings. The second-order valence-corrected chi connectivity index (χ2v) is 7.58. The highest BCUT2D eigenvalue weighted by molar-refractivity contribution is 6.30. The van der Waals surface area contributed by atoms with E-state index in [0.29, 0.717) is 16.5 Å². The first kappa shape index (κ1) is 21.3. The summed E-state index contributed by atoms with van der Waals surface area (Å²) in [6.07, 6.45) is 1.40. The van der Waals surface area contributed by atoms with Crippen LogP contribution in [0.15, 0.2) is 54.9 Å². The lowest BCUT2D eigenvalue weighted by Crippen LogP contribution is -2.21. The van der Waals surface area contributed by atoms with Gasteiger partial charge >= 0.3 is 0 Å². The smallest absolute Gasteiger partial charge is 0.260 e. The molecule has 2 heterocycles. The highest BCUT2D eigenvalue weighted by atomic mass is 35.5. The van der Waals surface area contributed by atoms with Crippen molar-refractivity contribution in [3.05, 3.63) is 76.7 Å². The van der Waals surface area contributed by atoms with Gasteiger partial charge in [0.1, 0.15) is 17.9 Å². The second kappa shape index (κ2) is 8.68. The number of fused-ring (bicyclic) bond motifs is 1. The van der Waals surface area contributed by atoms with Gasteiger partial charge in [-0.3, -0.25) is 14.2 Å². The van der Waals surface area contributed by atoms with Gasteiger partial charge in [-0.05, 0) is 55.8 Å². The first-order valence-corrected chi connectivity index (χ1v) is 10.1. The molecule has 8 nitrogen and oxygen atoms in total. The number of rotatable bonds is 6. The van der Waals surface area contributed by atoms with Crippen molar-refractivity contribution in [1.82, 2.24) is 14.5 Å². The number of halogens is 1. The summed E-state index contributed by atoms with van der Waals surface area (Å²) in [6.45, 7) is 3.60. The summed E-state index contributed by atoms with van der Waals surface area (Å²) in [6, 6.07) is 14.0. The summed E-state index contributed by atoms with van der Waals surface area (Å²) in [5.74, 6) is -0.438. The van der Waals surface area contributed by atoms with Crippen molar-refractivity contribution in [2.24, 2.45) is 5.73 Å². The number of carbonyl (C=O) groups excluding carboxylic acids is 2. The molecule has 0 aliphatic carbocycles. The van der Waals surface area contributed by atoms with Crippen LogP contribution < -0.4 is 15.8 Å². The van der Waals surface area contributed by atoms with E-state index >= 15 is 0 Å². The van der Waals surface area contributed by atoms with Crippen molar-refractivity contribution in [3.63, 3.8) is 0 Å². The first-order chi connectivity index (χ1) is 15.4. The predicted molar refractivity (Wildman–Crippen MR) is 122 cm³/mol. The van der Waals surface area contributed by atoms with Crippen LogP contribution in [-0.2, 0) is 4.79 Å². The van der Waals surface area contributed by atoms with Gasteiger partial charge in [-0.1, -0.05) is 23.7 Å². The Labute approximate surface area is 189 Å². The molecule has 0 aliphatic heterocycles. The molecule has 32 heavy (non-hydrogen) atoms. The Morgan fingerprint density at radius 1 is 1.09 bits per heavy atom. The summed E-state index contributed by atoms with van der Waals surface area (Å²) in [7, 11) is 0. The number of nitrogens with one attached hydrogen (secondary N) is 1. The topological polar surface area (TPSA) is 112 Å². The number of aromatic nitrogens is 3. The number of nitrogens with two attached hydrogens (primary N) is 1. The molecule has 0 saturated heterocycles. The molecular weight excluding hydrogens is 430 g/mol. The molecule has 3 N–H and O–H groups in total. The highest BCUT2D eigenvalue weighted by Crippen LogP contribution is 2.32. The summed E-state index contributed by atoms with van der Waals surface area (Å²) in [5.41, 5.74) is 8.86. The zero-order valence-electron chi connectivity index (χ0n) is 17.4. The van der Waals surface area contributed by atoms with Crippen LogP contribution in [0.4, 0.5) is 5.82 Å². The quantitative estimate of drug-likeness (QED) is 0.465. The maximum Gasteiger partial charge on any atom is 0.260 e. The van der Waals surface area contributed by atoms with Gasteiger partial charge in [0.25, 0.3) is 11.8 Å². The zero-order valence-corrected chi connectivity index (χ0v) is 18.2. The largest absolute Gasteiger partial charge is 0.483 e. The zero-order chi connectivity index (χ0) is 22.8. The van der Waals surface area contributed by atoms with Crippen molar-refractivity contribution < 1.29 is 14.3 Å². The molecule has 0 atom stereocenters. The molecule has 0 spiro atoms. The number of benzene rings is 2. The van der Waals surface area contributed by atoms with Gasteiger partial charge in [-0.15, -0.1) is 0 Å². The third kappa shape index (κ3) is 4.00. The molecule has 0 radical (unpaired) electrons. The summed E-state index contributed by atoms with van der Waals surface area (Å²) in [4.78, 5) is 32.9. The van der Waals surface area contributed by atoms with Crippen LogP contribution in [0.3, 0.4) is 0 Å². The fourth-order valence-corrected chi connectivity index (χ4v) is 3.63. The Kier molecular flexibility index (Phi) is 5.79. The third-order valence-electron chi connectivity index (χ3n) is 5.11. The number of amides is 2. The second-order valence-electron chi connectivity index (χ2n) is 7.15. The standard InChI is InChI=1S/C23H20ClN5O3/c1-13-14(2)29(16-9-7-15(24)8-10-16)22-20(13)21(26-12-27-22)28-23(31)17-5-3-4-6-18(17)32-11-19(25)30/h3-10,12H,11H2,1-2H3,(H2,25,30)(H,26,27,28,31). The van der Waals surface area contributed by atoms with Gasteiger partial charge in [0.2, 0.25) is 0 Å². The van der Waals surface area contributed by atoms with E-state index in [9.17, 15) is 9.59 Å². The Bertz CT molecular complexity index is 1330. The molecule has 2 amide bonds. The molecule has 0 saturated carbocycles. The van der Waals surface area contributed by atoms with E-state index in [-0.39, 0.29) is 17.9 Å². The van der Waals surface area contributed by atoms with Crippen molar-refractivity contribution in [2.45, 2.75) is 13.8 Å². The van der Waals surface area contributed by atoms with Crippen molar-refractivity contribution in [1.29, 1.82) is 0 Å². The Balaban J connectivity index is 1.74. The molecule has 0 aliphatic rings. The molecular formula is C23H20ClN5O3. The average Bonchev–Trinajstić information content (AvgIpc) is 3.04. The monoisotopic (exact) mass is 449 g/mol. The number of anilines is 1. The summed E-state index contributed by atoms with van der Waals surface area (Å²) >= 11 is 6.04. The number of aryl methyl sites for hydroxylation is 1. The summed E-state index contributed by atoms with van der Waals surface area (Å²) in [5, 5.41) is 4.21. The minimum Gasteiger partial charge on any atom is -0.483 e. The van der Waals surface area contributed by atoms with Gasteiger partial charge in [-0.2, -0.15) is 0 Å². The van der Waals surface area contributed by atoms with E-state index in [1.807, 2.05) is 42.7 Å². The number of hydrogen-bond donors (Lipinski definition) is 2. The number of ether oxygens (including phenoxy) is 1. The molecule has 4 rings (SSSR count). The number of primary amides is 1. The van der Waals surface area contributed by atoms with Crippen LogP contribution in [0, 0.1) is 13.8 Å². The van der Waals surface area contributed by atoms with Crippen LogP contribution in [0.2, 0.25) is 5.02 Å². The van der Waals surface area contributed by atoms with E-state index < -0.39 is 11.8 Å². The van der Waals surface area contributed by atoms with E-state index in [1.165, 1.54) is 6.33 Å². The molecule has 2 aromatic carbocycles. The molecule has 2 aromatic heterocycles. The van der Waals surface area contributed by atoms with Gasteiger partial charge in [0.15, 0.2) is 12.3 Å². The number of nitrogens with zero attached hydrogens (tertiary/aromatic N) is 3. The lowest BCUT2D eigenvalue weighted by atomic mass is 10.1. The molecule has 0 fully saturated rings. The van der Waals surface area contributed by atoms with Crippen molar-refractivity contribution >= 4 is 40.3 Å². The predicted octanol–water partition coefficient (Wildman–Crippen LogP) is 3.81. The average molecular weight is 450 g/mol. The fraction of sp³-hybridized carbons (Fsp3) is 0.130. The van der Waals surface area contributed by atoms with E-state index in [1.54, 1.807) is 24.3 Å². The minimum absolute atomic E-state index is 0.251. The lowest BCUT2D eigenvalue weighted by molar-refractivity contribution is -0.119. The van der Waals surface area contributed by atoms with E-state index in [0.717, 1.165) is 22.3 Å². The van der Waals surface area contributed by atoms with E-state index in [2.05, 4.69) is 15.3 Å².